The Morgan fingerprint density at radius 2 is 0.729 bits per heavy atom. The molecule has 0 saturated heterocycles. The van der Waals surface area contributed by atoms with Crippen LogP contribution in [0.1, 0.15) is 22.3 Å². The van der Waals surface area contributed by atoms with Crippen LogP contribution in [0, 0.1) is 0 Å². The molecule has 0 amide bonds. The normalized spacial score (nSPS) is 12.9. The number of fused-ring (bicyclic) bond motifs is 11. The first-order valence-electron chi connectivity index (χ1n) is 20.3. The predicted molar refractivity (Wildman–Crippen MR) is 243 cm³/mol. The third kappa shape index (κ3) is 5.00. The lowest BCUT2D eigenvalue weighted by Crippen LogP contribution is -2.26. The van der Waals surface area contributed by atoms with Crippen LogP contribution in [0.4, 0.5) is 0 Å². The lowest BCUT2D eigenvalue weighted by atomic mass is 9.68. The number of aromatic nitrogens is 2. The molecule has 0 aliphatic heterocycles. The molecule has 0 fully saturated rings. The monoisotopic (exact) mass is 748 g/mol. The fourth-order valence-corrected chi connectivity index (χ4v) is 10.1. The first-order valence-corrected chi connectivity index (χ1v) is 20.3. The Bertz CT molecular complexity index is 3210. The van der Waals surface area contributed by atoms with Gasteiger partial charge < -0.3 is 0 Å². The van der Waals surface area contributed by atoms with Crippen molar-refractivity contribution in [2.24, 2.45) is 0 Å². The van der Waals surface area contributed by atoms with Gasteiger partial charge in [-0.3, -0.25) is 0 Å². The lowest BCUT2D eigenvalue weighted by Gasteiger charge is -2.32. The van der Waals surface area contributed by atoms with E-state index in [1.54, 1.807) is 0 Å². The first-order chi connectivity index (χ1) is 29.3. The van der Waals surface area contributed by atoms with Crippen molar-refractivity contribution in [1.82, 2.24) is 9.97 Å². The molecule has 12 rings (SSSR count). The predicted octanol–water partition coefficient (Wildman–Crippen LogP) is 14.3. The standard InChI is InChI=1S/C57H36N2/c1-3-17-37(18-4-1)41-33-34-48(44-24-8-7-23-43(41)44)54-36-53(58-56(59-54)38-19-5-2-6-20-38)40-22-15-21-39(35-40)42-28-16-29-49-47-27-11-14-32-52(47)57(55(42)49)50-30-12-9-25-45(50)46-26-10-13-31-51(46)57/h1-36H. The molecule has 0 bridgehead atoms. The minimum Gasteiger partial charge on any atom is -0.228 e. The van der Waals surface area contributed by atoms with Crippen molar-refractivity contribution in [2.75, 3.05) is 0 Å². The Hall–Kier alpha value is -7.68. The van der Waals surface area contributed by atoms with Gasteiger partial charge in [0.25, 0.3) is 0 Å². The van der Waals surface area contributed by atoms with Crippen LogP contribution in [0.5, 0.6) is 0 Å². The average molecular weight is 749 g/mol. The summed E-state index contributed by atoms with van der Waals surface area (Å²) in [6, 6.07) is 79.1. The summed E-state index contributed by atoms with van der Waals surface area (Å²) in [5.41, 5.74) is 19.8. The van der Waals surface area contributed by atoms with Crippen molar-refractivity contribution in [2.45, 2.75) is 5.41 Å². The summed E-state index contributed by atoms with van der Waals surface area (Å²) >= 11 is 0. The molecule has 2 aliphatic carbocycles. The van der Waals surface area contributed by atoms with Crippen LogP contribution in [0.2, 0.25) is 0 Å². The van der Waals surface area contributed by atoms with Crippen LogP contribution >= 0.6 is 0 Å². The summed E-state index contributed by atoms with van der Waals surface area (Å²) in [5, 5.41) is 2.36. The van der Waals surface area contributed by atoms with Gasteiger partial charge in [0.1, 0.15) is 0 Å². The van der Waals surface area contributed by atoms with Crippen molar-refractivity contribution >= 4 is 10.8 Å². The van der Waals surface area contributed by atoms with Crippen LogP contribution in [-0.2, 0) is 5.41 Å². The molecular weight excluding hydrogens is 713 g/mol. The number of benzene rings is 9. The molecule has 2 heteroatoms. The maximum atomic E-state index is 5.30. The second-order valence-corrected chi connectivity index (χ2v) is 15.6. The Morgan fingerprint density at radius 3 is 1.41 bits per heavy atom. The molecule has 0 unspecified atom stereocenters. The van der Waals surface area contributed by atoms with E-state index in [4.69, 9.17) is 9.97 Å². The quantitative estimate of drug-likeness (QED) is 0.175. The van der Waals surface area contributed by atoms with Gasteiger partial charge in [-0.2, -0.15) is 0 Å². The Morgan fingerprint density at radius 1 is 0.271 bits per heavy atom. The fourth-order valence-electron chi connectivity index (χ4n) is 10.1. The zero-order chi connectivity index (χ0) is 38.9. The first kappa shape index (κ1) is 33.5. The van der Waals surface area contributed by atoms with Gasteiger partial charge in [0.05, 0.1) is 16.8 Å². The van der Waals surface area contributed by atoms with Crippen LogP contribution in [0.3, 0.4) is 0 Å². The van der Waals surface area contributed by atoms with E-state index in [1.807, 2.05) is 6.07 Å². The highest BCUT2D eigenvalue weighted by Gasteiger charge is 2.52. The highest BCUT2D eigenvalue weighted by atomic mass is 14.9. The van der Waals surface area contributed by atoms with Gasteiger partial charge in [-0.25, -0.2) is 9.97 Å². The second-order valence-electron chi connectivity index (χ2n) is 15.6. The minimum absolute atomic E-state index is 0.443. The molecule has 0 atom stereocenters. The molecule has 1 spiro atoms. The molecule has 1 heterocycles. The second kappa shape index (κ2) is 13.2. The lowest BCUT2D eigenvalue weighted by molar-refractivity contribution is 0.796. The molecule has 2 nitrogen and oxygen atoms in total. The summed E-state index contributed by atoms with van der Waals surface area (Å²) in [6.07, 6.45) is 0. The van der Waals surface area contributed by atoms with E-state index in [9.17, 15) is 0 Å². The molecule has 274 valence electrons. The van der Waals surface area contributed by atoms with Crippen molar-refractivity contribution in [1.29, 1.82) is 0 Å². The van der Waals surface area contributed by atoms with E-state index in [0.717, 1.165) is 39.0 Å². The molecular formula is C57H36N2. The SMILES string of the molecule is c1ccc(-c2nc(-c3cccc(-c4cccc5c4C4(c6ccccc6-c6ccccc64)c4ccccc4-5)c3)cc(-c3ccc(-c4ccccc4)c4ccccc34)n2)cc1. The van der Waals surface area contributed by atoms with Gasteiger partial charge in [0.2, 0.25) is 0 Å². The van der Waals surface area contributed by atoms with E-state index in [2.05, 4.69) is 212 Å². The van der Waals surface area contributed by atoms with Crippen LogP contribution in [0.15, 0.2) is 218 Å². The van der Waals surface area contributed by atoms with Crippen LogP contribution in [0.25, 0.3) is 89.2 Å². The van der Waals surface area contributed by atoms with E-state index in [1.165, 1.54) is 66.6 Å². The van der Waals surface area contributed by atoms with Crippen molar-refractivity contribution in [3.05, 3.63) is 241 Å². The summed E-state index contributed by atoms with van der Waals surface area (Å²) in [6.45, 7) is 0. The van der Waals surface area contributed by atoms with Crippen molar-refractivity contribution in [3.63, 3.8) is 0 Å². The molecule has 9 aromatic carbocycles. The number of hydrogen-bond donors (Lipinski definition) is 0. The minimum atomic E-state index is -0.443. The fraction of sp³-hybridized carbons (Fsp3) is 0.0175. The molecule has 59 heavy (non-hydrogen) atoms. The molecule has 0 radical (unpaired) electrons. The van der Waals surface area contributed by atoms with Gasteiger partial charge in [0.15, 0.2) is 5.82 Å². The molecule has 2 aliphatic rings. The highest BCUT2D eigenvalue weighted by molar-refractivity contribution is 6.05. The Balaban J connectivity index is 1.07. The van der Waals surface area contributed by atoms with E-state index < -0.39 is 5.41 Å². The van der Waals surface area contributed by atoms with E-state index in [-0.39, 0.29) is 0 Å². The Kier molecular flexibility index (Phi) is 7.48. The van der Waals surface area contributed by atoms with Gasteiger partial charge >= 0.3 is 0 Å². The van der Waals surface area contributed by atoms with Crippen LogP contribution in [-0.4, -0.2) is 9.97 Å². The van der Waals surface area contributed by atoms with Gasteiger partial charge in [-0.05, 0) is 89.7 Å². The smallest absolute Gasteiger partial charge is 0.160 e. The zero-order valence-electron chi connectivity index (χ0n) is 32.2. The summed E-state index contributed by atoms with van der Waals surface area (Å²) in [7, 11) is 0. The summed E-state index contributed by atoms with van der Waals surface area (Å²) in [4.78, 5) is 10.6. The van der Waals surface area contributed by atoms with Gasteiger partial charge in [-0.1, -0.05) is 206 Å². The average Bonchev–Trinajstić information content (AvgIpc) is 3.79. The maximum Gasteiger partial charge on any atom is 0.160 e. The number of nitrogens with zero attached hydrogens (tertiary/aromatic N) is 2. The van der Waals surface area contributed by atoms with E-state index >= 15 is 0 Å². The Labute approximate surface area is 343 Å². The maximum absolute atomic E-state index is 5.30. The summed E-state index contributed by atoms with van der Waals surface area (Å²) in [5.74, 6) is 0.703. The van der Waals surface area contributed by atoms with Gasteiger partial charge in [-0.15, -0.1) is 0 Å². The molecule has 0 N–H and O–H groups in total. The zero-order valence-corrected chi connectivity index (χ0v) is 32.2. The third-order valence-corrected chi connectivity index (χ3v) is 12.5. The van der Waals surface area contributed by atoms with E-state index in [0.29, 0.717) is 5.82 Å². The van der Waals surface area contributed by atoms with Gasteiger partial charge in [0, 0.05) is 16.7 Å². The highest BCUT2D eigenvalue weighted by Crippen LogP contribution is 2.64. The summed E-state index contributed by atoms with van der Waals surface area (Å²) < 4.78 is 0. The number of hydrogen-bond acceptors (Lipinski definition) is 2. The molecule has 0 saturated carbocycles. The number of rotatable bonds is 5. The largest absolute Gasteiger partial charge is 0.228 e. The van der Waals surface area contributed by atoms with Crippen molar-refractivity contribution < 1.29 is 0 Å². The van der Waals surface area contributed by atoms with Crippen molar-refractivity contribution in [3.8, 4) is 78.4 Å². The molecule has 10 aromatic rings. The van der Waals surface area contributed by atoms with Crippen LogP contribution < -0.4 is 0 Å². The third-order valence-electron chi connectivity index (χ3n) is 12.5. The topological polar surface area (TPSA) is 25.8 Å². The molecule has 1 aromatic heterocycles.